The number of carbonyl (C=O) groups excluding carboxylic acids is 2. The zero-order chi connectivity index (χ0) is 13.1. The van der Waals surface area contributed by atoms with Crippen LogP contribution in [0.15, 0.2) is 18.2 Å². The van der Waals surface area contributed by atoms with E-state index in [2.05, 4.69) is 0 Å². The normalized spacial score (nSPS) is 17.7. The van der Waals surface area contributed by atoms with Gasteiger partial charge in [-0.2, -0.15) is 0 Å². The van der Waals surface area contributed by atoms with Crippen LogP contribution >= 0.6 is 0 Å². The average Bonchev–Trinajstić information content (AvgIpc) is 2.67. The number of benzene rings is 1. The molecule has 0 bridgehead atoms. The number of carbonyl (C=O) groups is 2. The molecule has 0 fully saturated rings. The first-order valence-corrected chi connectivity index (χ1v) is 6.44. The SMILES string of the molecule is CCCCOC(=O)C1Cc2ccc(C)cc2C1=O. The van der Waals surface area contributed by atoms with E-state index >= 15 is 0 Å². The van der Waals surface area contributed by atoms with Gasteiger partial charge in [-0.05, 0) is 31.4 Å². The van der Waals surface area contributed by atoms with Gasteiger partial charge >= 0.3 is 5.97 Å². The standard InChI is InChI=1S/C15H18O3/c1-3-4-7-18-15(17)13-9-11-6-5-10(2)8-12(11)14(13)16/h5-6,8,13H,3-4,7,9H2,1-2H3. The smallest absolute Gasteiger partial charge is 0.317 e. The van der Waals surface area contributed by atoms with Crippen LogP contribution < -0.4 is 0 Å². The van der Waals surface area contributed by atoms with Crippen LogP contribution in [0.5, 0.6) is 0 Å². The molecule has 1 aromatic rings. The number of hydrogen-bond donors (Lipinski definition) is 0. The molecule has 1 aliphatic rings. The van der Waals surface area contributed by atoms with Gasteiger partial charge in [0.1, 0.15) is 5.92 Å². The molecular formula is C15H18O3. The van der Waals surface area contributed by atoms with Crippen molar-refractivity contribution < 1.29 is 14.3 Å². The molecule has 0 radical (unpaired) electrons. The van der Waals surface area contributed by atoms with E-state index < -0.39 is 5.92 Å². The Balaban J connectivity index is 2.07. The highest BCUT2D eigenvalue weighted by atomic mass is 16.5. The van der Waals surface area contributed by atoms with Crippen LogP contribution in [-0.2, 0) is 16.0 Å². The molecule has 1 atom stereocenters. The van der Waals surface area contributed by atoms with Gasteiger partial charge in [0.2, 0.25) is 0 Å². The van der Waals surface area contributed by atoms with Crippen LogP contribution in [0.2, 0.25) is 0 Å². The molecule has 18 heavy (non-hydrogen) atoms. The lowest BCUT2D eigenvalue weighted by atomic mass is 10.1. The zero-order valence-corrected chi connectivity index (χ0v) is 10.9. The van der Waals surface area contributed by atoms with Crippen molar-refractivity contribution in [2.45, 2.75) is 33.1 Å². The molecule has 0 aromatic heterocycles. The van der Waals surface area contributed by atoms with Gasteiger partial charge in [-0.25, -0.2) is 0 Å². The molecular weight excluding hydrogens is 228 g/mol. The highest BCUT2D eigenvalue weighted by Gasteiger charge is 2.36. The molecule has 0 spiro atoms. The lowest BCUT2D eigenvalue weighted by Crippen LogP contribution is -2.23. The molecule has 2 rings (SSSR count). The minimum atomic E-state index is -0.626. The van der Waals surface area contributed by atoms with Crippen molar-refractivity contribution in [3.05, 3.63) is 34.9 Å². The molecule has 0 aliphatic heterocycles. The maximum Gasteiger partial charge on any atom is 0.317 e. The molecule has 0 heterocycles. The van der Waals surface area contributed by atoms with E-state index in [4.69, 9.17) is 4.74 Å². The number of unbranched alkanes of at least 4 members (excludes halogenated alkanes) is 1. The van der Waals surface area contributed by atoms with E-state index in [1.807, 2.05) is 32.0 Å². The summed E-state index contributed by atoms with van der Waals surface area (Å²) >= 11 is 0. The molecule has 1 unspecified atom stereocenters. The van der Waals surface area contributed by atoms with E-state index in [-0.39, 0.29) is 11.8 Å². The molecule has 0 saturated heterocycles. The van der Waals surface area contributed by atoms with E-state index in [1.165, 1.54) is 0 Å². The summed E-state index contributed by atoms with van der Waals surface area (Å²) in [4.78, 5) is 24.0. The monoisotopic (exact) mass is 246 g/mol. The Morgan fingerprint density at radius 1 is 1.44 bits per heavy atom. The van der Waals surface area contributed by atoms with Crippen molar-refractivity contribution in [2.75, 3.05) is 6.61 Å². The summed E-state index contributed by atoms with van der Waals surface area (Å²) in [6, 6.07) is 5.76. The quantitative estimate of drug-likeness (QED) is 0.466. The van der Waals surface area contributed by atoms with Crippen molar-refractivity contribution in [2.24, 2.45) is 5.92 Å². The lowest BCUT2D eigenvalue weighted by Gasteiger charge is -2.08. The summed E-state index contributed by atoms with van der Waals surface area (Å²) in [6.07, 6.45) is 2.31. The second-order valence-corrected chi connectivity index (χ2v) is 4.80. The molecule has 3 nitrogen and oxygen atoms in total. The molecule has 3 heteroatoms. The van der Waals surface area contributed by atoms with Crippen molar-refractivity contribution >= 4 is 11.8 Å². The molecule has 0 N–H and O–H groups in total. The van der Waals surface area contributed by atoms with Gasteiger partial charge in [0.15, 0.2) is 5.78 Å². The Hall–Kier alpha value is -1.64. The Morgan fingerprint density at radius 2 is 2.22 bits per heavy atom. The average molecular weight is 246 g/mol. The minimum Gasteiger partial charge on any atom is -0.465 e. The highest BCUT2D eigenvalue weighted by Crippen LogP contribution is 2.28. The molecule has 0 saturated carbocycles. The Labute approximate surface area is 107 Å². The first-order chi connectivity index (χ1) is 8.63. The van der Waals surface area contributed by atoms with Crippen LogP contribution in [0.1, 0.15) is 41.3 Å². The lowest BCUT2D eigenvalue weighted by molar-refractivity contribution is -0.146. The van der Waals surface area contributed by atoms with E-state index in [1.54, 1.807) is 0 Å². The number of Topliss-reactive ketones (excluding diaryl/α,β-unsaturated/α-hetero) is 1. The minimum absolute atomic E-state index is 0.0878. The van der Waals surface area contributed by atoms with Gasteiger partial charge in [0.25, 0.3) is 0 Å². The van der Waals surface area contributed by atoms with Gasteiger partial charge in [0, 0.05) is 5.56 Å². The number of ketones is 1. The van der Waals surface area contributed by atoms with Crippen LogP contribution in [-0.4, -0.2) is 18.4 Å². The second-order valence-electron chi connectivity index (χ2n) is 4.80. The summed E-state index contributed by atoms with van der Waals surface area (Å²) in [7, 11) is 0. The van der Waals surface area contributed by atoms with Crippen LogP contribution in [0.25, 0.3) is 0 Å². The van der Waals surface area contributed by atoms with Crippen molar-refractivity contribution in [3.63, 3.8) is 0 Å². The van der Waals surface area contributed by atoms with Crippen LogP contribution in [0.4, 0.5) is 0 Å². The second kappa shape index (κ2) is 5.34. The first-order valence-electron chi connectivity index (χ1n) is 6.44. The number of esters is 1. The molecule has 1 aliphatic carbocycles. The van der Waals surface area contributed by atoms with Crippen molar-refractivity contribution in [3.8, 4) is 0 Å². The summed E-state index contributed by atoms with van der Waals surface area (Å²) in [5.74, 6) is -1.09. The Bertz CT molecular complexity index is 477. The number of aryl methyl sites for hydroxylation is 1. The van der Waals surface area contributed by atoms with E-state index in [9.17, 15) is 9.59 Å². The highest BCUT2D eigenvalue weighted by molar-refractivity contribution is 6.12. The number of ether oxygens (including phenoxy) is 1. The topological polar surface area (TPSA) is 43.4 Å². The van der Waals surface area contributed by atoms with Gasteiger partial charge in [-0.1, -0.05) is 31.0 Å². The third-order valence-corrected chi connectivity index (χ3v) is 3.30. The third-order valence-electron chi connectivity index (χ3n) is 3.30. The molecule has 0 amide bonds. The largest absolute Gasteiger partial charge is 0.465 e. The number of rotatable bonds is 4. The Morgan fingerprint density at radius 3 is 2.94 bits per heavy atom. The van der Waals surface area contributed by atoms with E-state index in [0.717, 1.165) is 24.0 Å². The van der Waals surface area contributed by atoms with Crippen molar-refractivity contribution in [1.82, 2.24) is 0 Å². The summed E-state index contributed by atoms with van der Waals surface area (Å²) in [6.45, 7) is 4.39. The predicted molar refractivity (Wildman–Crippen MR) is 68.6 cm³/mol. The van der Waals surface area contributed by atoms with Gasteiger partial charge in [-0.15, -0.1) is 0 Å². The fraction of sp³-hybridized carbons (Fsp3) is 0.467. The molecule has 96 valence electrons. The maximum absolute atomic E-state index is 12.1. The number of fused-ring (bicyclic) bond motifs is 1. The Kier molecular flexibility index (Phi) is 3.80. The van der Waals surface area contributed by atoms with Gasteiger partial charge < -0.3 is 4.74 Å². The third kappa shape index (κ3) is 2.45. The summed E-state index contributed by atoms with van der Waals surface area (Å²) in [5, 5.41) is 0. The number of hydrogen-bond acceptors (Lipinski definition) is 3. The predicted octanol–water partition coefficient (Wildman–Crippen LogP) is 2.69. The maximum atomic E-state index is 12.1. The first kappa shape index (κ1) is 12.8. The van der Waals surface area contributed by atoms with Gasteiger partial charge in [-0.3, -0.25) is 9.59 Å². The zero-order valence-electron chi connectivity index (χ0n) is 10.9. The summed E-state index contributed by atoms with van der Waals surface area (Å²) in [5.41, 5.74) is 2.69. The molecule has 1 aromatic carbocycles. The van der Waals surface area contributed by atoms with Crippen LogP contribution in [0, 0.1) is 12.8 Å². The van der Waals surface area contributed by atoms with Crippen molar-refractivity contribution in [1.29, 1.82) is 0 Å². The van der Waals surface area contributed by atoms with Gasteiger partial charge in [0.05, 0.1) is 6.61 Å². The van der Waals surface area contributed by atoms with E-state index in [0.29, 0.717) is 18.6 Å². The fourth-order valence-corrected chi connectivity index (χ4v) is 2.21. The van der Waals surface area contributed by atoms with Crippen LogP contribution in [0.3, 0.4) is 0 Å². The summed E-state index contributed by atoms with van der Waals surface area (Å²) < 4.78 is 5.14. The fourth-order valence-electron chi connectivity index (χ4n) is 2.21.